The van der Waals surface area contributed by atoms with Gasteiger partial charge in [0.25, 0.3) is 0 Å². The molecule has 0 amide bonds. The van der Waals surface area contributed by atoms with Crippen molar-refractivity contribution in [1.29, 1.82) is 0 Å². The largest absolute Gasteiger partial charge is 0.357 e. The molecule has 0 fully saturated rings. The average molecular weight is 268 g/mol. The topological polar surface area (TPSA) is 50.7 Å². The quantitative estimate of drug-likeness (QED) is 0.789. The van der Waals surface area contributed by atoms with Crippen molar-refractivity contribution in [2.45, 2.75) is 6.54 Å². The highest BCUT2D eigenvalue weighted by Crippen LogP contribution is 2.22. The predicted molar refractivity (Wildman–Crippen MR) is 76.9 cm³/mol. The van der Waals surface area contributed by atoms with Crippen LogP contribution in [0.2, 0.25) is 0 Å². The zero-order chi connectivity index (χ0) is 12.9. The molecule has 0 aliphatic carbocycles. The molecule has 5 heteroatoms. The fourth-order valence-electron chi connectivity index (χ4n) is 1.68. The van der Waals surface area contributed by atoms with E-state index in [1.807, 2.05) is 23.6 Å². The fraction of sp³-hybridized carbons (Fsp3) is 0.0714. The van der Waals surface area contributed by atoms with Crippen molar-refractivity contribution in [2.75, 3.05) is 5.32 Å². The Bertz CT molecular complexity index is 637. The SMILES string of the molecule is c1ccc(CNc2nc(-c3cnccn3)cs2)cc1. The smallest absolute Gasteiger partial charge is 0.183 e. The van der Waals surface area contributed by atoms with Crippen LogP contribution in [0.3, 0.4) is 0 Å². The first-order valence-electron chi connectivity index (χ1n) is 5.91. The van der Waals surface area contributed by atoms with Crippen molar-refractivity contribution in [1.82, 2.24) is 15.0 Å². The van der Waals surface area contributed by atoms with Crippen LogP contribution in [0.25, 0.3) is 11.4 Å². The maximum Gasteiger partial charge on any atom is 0.183 e. The van der Waals surface area contributed by atoms with Crippen molar-refractivity contribution in [3.05, 3.63) is 59.9 Å². The molecule has 3 aromatic rings. The van der Waals surface area contributed by atoms with Crippen LogP contribution in [-0.2, 0) is 6.54 Å². The van der Waals surface area contributed by atoms with Gasteiger partial charge in [-0.05, 0) is 5.56 Å². The number of thiazole rings is 1. The lowest BCUT2D eigenvalue weighted by Gasteiger charge is -2.01. The summed E-state index contributed by atoms with van der Waals surface area (Å²) < 4.78 is 0. The van der Waals surface area contributed by atoms with Crippen LogP contribution in [0.5, 0.6) is 0 Å². The van der Waals surface area contributed by atoms with Gasteiger partial charge in [-0.15, -0.1) is 11.3 Å². The number of anilines is 1. The van der Waals surface area contributed by atoms with Gasteiger partial charge in [-0.25, -0.2) is 4.98 Å². The van der Waals surface area contributed by atoms with Crippen molar-refractivity contribution < 1.29 is 0 Å². The van der Waals surface area contributed by atoms with Gasteiger partial charge >= 0.3 is 0 Å². The molecule has 0 spiro atoms. The molecular formula is C14H12N4S. The van der Waals surface area contributed by atoms with Gasteiger partial charge in [0.05, 0.1) is 6.20 Å². The molecule has 0 saturated carbocycles. The van der Waals surface area contributed by atoms with Gasteiger partial charge in [0.2, 0.25) is 0 Å². The fourth-order valence-corrected chi connectivity index (χ4v) is 2.38. The number of benzene rings is 1. The Morgan fingerprint density at radius 3 is 2.74 bits per heavy atom. The van der Waals surface area contributed by atoms with Crippen molar-refractivity contribution in [3.8, 4) is 11.4 Å². The standard InChI is InChI=1S/C14H12N4S/c1-2-4-11(5-3-1)8-17-14-18-13(10-19-14)12-9-15-6-7-16-12/h1-7,9-10H,8H2,(H,17,18). The number of nitrogens with one attached hydrogen (secondary N) is 1. The Hall–Kier alpha value is -2.27. The minimum atomic E-state index is 0.772. The molecule has 1 N–H and O–H groups in total. The number of aromatic nitrogens is 3. The molecule has 2 aromatic heterocycles. The molecule has 0 bridgehead atoms. The highest BCUT2D eigenvalue weighted by molar-refractivity contribution is 7.14. The van der Waals surface area contributed by atoms with Crippen LogP contribution in [0.1, 0.15) is 5.56 Å². The summed E-state index contributed by atoms with van der Waals surface area (Å²) in [5.74, 6) is 0. The van der Waals surface area contributed by atoms with E-state index >= 15 is 0 Å². The van der Waals surface area contributed by atoms with E-state index < -0.39 is 0 Å². The number of hydrogen-bond donors (Lipinski definition) is 1. The minimum absolute atomic E-state index is 0.772. The van der Waals surface area contributed by atoms with Gasteiger partial charge in [0.15, 0.2) is 5.13 Å². The summed E-state index contributed by atoms with van der Waals surface area (Å²) >= 11 is 1.57. The second-order valence-corrected chi connectivity index (χ2v) is 4.83. The highest BCUT2D eigenvalue weighted by Gasteiger charge is 2.05. The first kappa shape index (κ1) is 11.8. The monoisotopic (exact) mass is 268 g/mol. The van der Waals surface area contributed by atoms with Gasteiger partial charge in [-0.1, -0.05) is 30.3 Å². The van der Waals surface area contributed by atoms with Gasteiger partial charge < -0.3 is 5.32 Å². The molecule has 1 aromatic carbocycles. The van der Waals surface area contributed by atoms with E-state index in [2.05, 4.69) is 32.4 Å². The third-order valence-corrected chi connectivity index (χ3v) is 3.42. The number of hydrogen-bond acceptors (Lipinski definition) is 5. The molecule has 19 heavy (non-hydrogen) atoms. The highest BCUT2D eigenvalue weighted by atomic mass is 32.1. The van der Waals surface area contributed by atoms with E-state index in [0.717, 1.165) is 23.1 Å². The molecule has 4 nitrogen and oxygen atoms in total. The maximum atomic E-state index is 4.50. The zero-order valence-corrected chi connectivity index (χ0v) is 11.0. The molecule has 0 aliphatic heterocycles. The first-order valence-corrected chi connectivity index (χ1v) is 6.79. The second-order valence-electron chi connectivity index (χ2n) is 3.97. The minimum Gasteiger partial charge on any atom is -0.357 e. The molecule has 2 heterocycles. The summed E-state index contributed by atoms with van der Waals surface area (Å²) in [5, 5.41) is 6.19. The molecular weight excluding hydrogens is 256 g/mol. The summed E-state index contributed by atoms with van der Waals surface area (Å²) in [6, 6.07) is 10.3. The van der Waals surface area contributed by atoms with Crippen LogP contribution in [0.15, 0.2) is 54.3 Å². The summed E-state index contributed by atoms with van der Waals surface area (Å²) in [6.45, 7) is 0.772. The summed E-state index contributed by atoms with van der Waals surface area (Å²) in [7, 11) is 0. The average Bonchev–Trinajstić information content (AvgIpc) is 2.96. The van der Waals surface area contributed by atoms with Crippen LogP contribution in [0.4, 0.5) is 5.13 Å². The van der Waals surface area contributed by atoms with Gasteiger partial charge in [-0.2, -0.15) is 0 Å². The Balaban J connectivity index is 1.69. The lowest BCUT2D eigenvalue weighted by molar-refractivity contribution is 1.13. The van der Waals surface area contributed by atoms with Crippen molar-refractivity contribution in [2.24, 2.45) is 0 Å². The summed E-state index contributed by atoms with van der Waals surface area (Å²) in [6.07, 6.45) is 5.05. The Morgan fingerprint density at radius 2 is 1.95 bits per heavy atom. The van der Waals surface area contributed by atoms with E-state index in [4.69, 9.17) is 0 Å². The molecule has 94 valence electrons. The van der Waals surface area contributed by atoms with Gasteiger partial charge in [0, 0.05) is 24.3 Å². The van der Waals surface area contributed by atoms with Gasteiger partial charge in [-0.3, -0.25) is 9.97 Å². The number of nitrogens with zero attached hydrogens (tertiary/aromatic N) is 3. The molecule has 0 saturated heterocycles. The van der Waals surface area contributed by atoms with Crippen LogP contribution >= 0.6 is 11.3 Å². The molecule has 0 unspecified atom stereocenters. The van der Waals surface area contributed by atoms with E-state index in [-0.39, 0.29) is 0 Å². The summed E-state index contributed by atoms with van der Waals surface area (Å²) in [4.78, 5) is 12.8. The first-order chi connectivity index (χ1) is 9.42. The third kappa shape index (κ3) is 2.95. The van der Waals surface area contributed by atoms with Gasteiger partial charge in [0.1, 0.15) is 11.4 Å². The van der Waals surface area contributed by atoms with Crippen LogP contribution in [-0.4, -0.2) is 15.0 Å². The molecule has 0 atom stereocenters. The predicted octanol–water partition coefficient (Wildman–Crippen LogP) is 3.21. The second kappa shape index (κ2) is 5.58. The lowest BCUT2D eigenvalue weighted by Crippen LogP contribution is -1.98. The van der Waals surface area contributed by atoms with Crippen molar-refractivity contribution >= 4 is 16.5 Å². The van der Waals surface area contributed by atoms with E-state index in [9.17, 15) is 0 Å². The van der Waals surface area contributed by atoms with E-state index in [1.54, 1.807) is 29.9 Å². The normalized spacial score (nSPS) is 10.3. The lowest BCUT2D eigenvalue weighted by atomic mass is 10.2. The molecule has 0 radical (unpaired) electrons. The molecule has 3 rings (SSSR count). The van der Waals surface area contributed by atoms with Crippen LogP contribution in [0, 0.1) is 0 Å². The van der Waals surface area contributed by atoms with E-state index in [1.165, 1.54) is 5.56 Å². The van der Waals surface area contributed by atoms with Crippen molar-refractivity contribution in [3.63, 3.8) is 0 Å². The Kier molecular flexibility index (Phi) is 3.47. The Morgan fingerprint density at radius 1 is 1.05 bits per heavy atom. The summed E-state index contributed by atoms with van der Waals surface area (Å²) in [5.41, 5.74) is 2.89. The Labute approximate surface area is 115 Å². The number of rotatable bonds is 4. The molecule has 0 aliphatic rings. The van der Waals surface area contributed by atoms with E-state index in [0.29, 0.717) is 0 Å². The third-order valence-electron chi connectivity index (χ3n) is 2.62. The maximum absolute atomic E-state index is 4.50. The zero-order valence-electron chi connectivity index (χ0n) is 10.2. The van der Waals surface area contributed by atoms with Crippen LogP contribution < -0.4 is 5.32 Å².